The molecule has 0 spiro atoms. The van der Waals surface area contributed by atoms with Crippen LogP contribution in [0.1, 0.15) is 17.3 Å². The van der Waals surface area contributed by atoms with Gasteiger partial charge >= 0.3 is 0 Å². The van der Waals surface area contributed by atoms with Gasteiger partial charge in [0.1, 0.15) is 17.2 Å². The number of pyridine rings is 1. The van der Waals surface area contributed by atoms with Crippen LogP contribution in [0.4, 0.5) is 5.69 Å². The van der Waals surface area contributed by atoms with Gasteiger partial charge in [0.2, 0.25) is 0 Å². The first-order valence-electron chi connectivity index (χ1n) is 8.54. The number of rotatable bonds is 6. The zero-order valence-corrected chi connectivity index (χ0v) is 15.1. The van der Waals surface area contributed by atoms with E-state index in [1.165, 1.54) is 10.6 Å². The maximum absolute atomic E-state index is 12.2. The maximum Gasteiger partial charge on any atom is 0.255 e. The van der Waals surface area contributed by atoms with Crippen molar-refractivity contribution in [2.45, 2.75) is 6.92 Å². The van der Waals surface area contributed by atoms with E-state index in [1.54, 1.807) is 43.6 Å². The first-order valence-corrected chi connectivity index (χ1v) is 8.54. The zero-order chi connectivity index (χ0) is 19.2. The minimum absolute atomic E-state index is 0.234. The van der Waals surface area contributed by atoms with Gasteiger partial charge in [0.25, 0.3) is 11.5 Å². The topological polar surface area (TPSA) is 69.6 Å². The van der Waals surface area contributed by atoms with E-state index in [-0.39, 0.29) is 11.5 Å². The fraction of sp³-hybridized carbons (Fsp3) is 0.143. The molecule has 0 aliphatic carbocycles. The Morgan fingerprint density at radius 2 is 1.56 bits per heavy atom. The monoisotopic (exact) mass is 364 g/mol. The minimum Gasteiger partial charge on any atom is -0.494 e. The lowest BCUT2D eigenvalue weighted by Crippen LogP contribution is -2.19. The van der Waals surface area contributed by atoms with Crippen molar-refractivity contribution in [1.29, 1.82) is 0 Å². The Balaban J connectivity index is 1.63. The van der Waals surface area contributed by atoms with Gasteiger partial charge in [-0.3, -0.25) is 9.59 Å². The van der Waals surface area contributed by atoms with Gasteiger partial charge in [0.05, 0.1) is 6.61 Å². The summed E-state index contributed by atoms with van der Waals surface area (Å²) in [6.45, 7) is 2.55. The summed E-state index contributed by atoms with van der Waals surface area (Å²) >= 11 is 0. The van der Waals surface area contributed by atoms with Gasteiger partial charge in [-0.1, -0.05) is 0 Å². The number of hydrogen-bond donors (Lipinski definition) is 1. The molecule has 138 valence electrons. The number of benzene rings is 2. The van der Waals surface area contributed by atoms with Crippen molar-refractivity contribution in [1.82, 2.24) is 4.57 Å². The molecule has 0 atom stereocenters. The van der Waals surface area contributed by atoms with Crippen molar-refractivity contribution in [3.8, 4) is 17.2 Å². The van der Waals surface area contributed by atoms with Crippen molar-refractivity contribution in [3.05, 3.63) is 82.8 Å². The molecule has 3 rings (SSSR count). The zero-order valence-electron chi connectivity index (χ0n) is 15.1. The van der Waals surface area contributed by atoms with Gasteiger partial charge in [0, 0.05) is 30.6 Å². The van der Waals surface area contributed by atoms with Crippen LogP contribution in [0.5, 0.6) is 17.2 Å². The number of anilines is 1. The molecule has 0 aliphatic rings. The molecule has 0 unspecified atom stereocenters. The largest absolute Gasteiger partial charge is 0.494 e. The van der Waals surface area contributed by atoms with E-state index >= 15 is 0 Å². The average Bonchev–Trinajstić information content (AvgIpc) is 2.67. The molecular weight excluding hydrogens is 344 g/mol. The number of aromatic nitrogens is 1. The van der Waals surface area contributed by atoms with Crippen LogP contribution in [0.15, 0.2) is 71.7 Å². The first-order chi connectivity index (χ1) is 13.0. The molecule has 0 radical (unpaired) electrons. The Bertz CT molecular complexity index is 976. The fourth-order valence-electron chi connectivity index (χ4n) is 2.41. The lowest BCUT2D eigenvalue weighted by atomic mass is 10.2. The van der Waals surface area contributed by atoms with Gasteiger partial charge in [-0.25, -0.2) is 0 Å². The van der Waals surface area contributed by atoms with Crippen LogP contribution in [-0.2, 0) is 7.05 Å². The van der Waals surface area contributed by atoms with Gasteiger partial charge in [0.15, 0.2) is 0 Å². The third-order valence-electron chi connectivity index (χ3n) is 3.85. The summed E-state index contributed by atoms with van der Waals surface area (Å²) in [7, 11) is 1.63. The Kier molecular flexibility index (Phi) is 5.56. The highest BCUT2D eigenvalue weighted by Gasteiger charge is 2.07. The normalized spacial score (nSPS) is 10.3. The van der Waals surface area contributed by atoms with E-state index in [4.69, 9.17) is 9.47 Å². The van der Waals surface area contributed by atoms with Crippen molar-refractivity contribution in [3.63, 3.8) is 0 Å². The summed E-state index contributed by atoms with van der Waals surface area (Å²) in [5.41, 5.74) is 0.689. The molecule has 1 aromatic heterocycles. The van der Waals surface area contributed by atoms with Crippen molar-refractivity contribution >= 4 is 11.6 Å². The van der Waals surface area contributed by atoms with Crippen molar-refractivity contribution in [2.24, 2.45) is 7.05 Å². The van der Waals surface area contributed by atoms with Crippen LogP contribution in [-0.4, -0.2) is 17.1 Å². The summed E-state index contributed by atoms with van der Waals surface area (Å²) in [5.74, 6) is 1.78. The summed E-state index contributed by atoms with van der Waals surface area (Å²) in [5, 5.41) is 2.76. The molecule has 6 heteroatoms. The summed E-state index contributed by atoms with van der Waals surface area (Å²) in [6.07, 6.45) is 1.56. The molecule has 0 aliphatic heterocycles. The predicted octanol–water partition coefficient (Wildman–Crippen LogP) is 3.83. The van der Waals surface area contributed by atoms with Crippen LogP contribution in [0.25, 0.3) is 0 Å². The Hall–Kier alpha value is -3.54. The molecule has 2 aromatic carbocycles. The number of nitrogens with zero attached hydrogens (tertiary/aromatic N) is 1. The van der Waals surface area contributed by atoms with Gasteiger partial charge in [-0.15, -0.1) is 0 Å². The number of ether oxygens (including phenoxy) is 2. The second-order valence-corrected chi connectivity index (χ2v) is 5.85. The summed E-state index contributed by atoms with van der Waals surface area (Å²) in [6, 6.07) is 17.2. The van der Waals surface area contributed by atoms with Crippen LogP contribution in [0.3, 0.4) is 0 Å². The number of hydrogen-bond acceptors (Lipinski definition) is 4. The SMILES string of the molecule is CCOc1ccc(Oc2ccc(NC(=O)c3ccn(C)c(=O)c3)cc2)cc1. The Morgan fingerprint density at radius 3 is 2.15 bits per heavy atom. The molecule has 27 heavy (non-hydrogen) atoms. The fourth-order valence-corrected chi connectivity index (χ4v) is 2.41. The lowest BCUT2D eigenvalue weighted by Gasteiger charge is -2.09. The number of carbonyl (C=O) groups is 1. The van der Waals surface area contributed by atoms with E-state index in [0.717, 1.165) is 5.75 Å². The number of nitrogens with one attached hydrogen (secondary N) is 1. The molecule has 6 nitrogen and oxygen atoms in total. The molecule has 0 fully saturated rings. The van der Waals surface area contributed by atoms with Crippen LogP contribution < -0.4 is 20.3 Å². The van der Waals surface area contributed by atoms with Crippen LogP contribution >= 0.6 is 0 Å². The van der Waals surface area contributed by atoms with E-state index < -0.39 is 0 Å². The molecule has 1 heterocycles. The van der Waals surface area contributed by atoms with Crippen LogP contribution in [0, 0.1) is 0 Å². The third kappa shape index (κ3) is 4.76. The highest BCUT2D eigenvalue weighted by Crippen LogP contribution is 2.25. The lowest BCUT2D eigenvalue weighted by molar-refractivity contribution is 0.102. The molecule has 0 saturated carbocycles. The summed E-state index contributed by atoms with van der Waals surface area (Å²) < 4.78 is 12.6. The molecule has 0 saturated heterocycles. The number of aryl methyl sites for hydroxylation is 1. The predicted molar refractivity (Wildman–Crippen MR) is 104 cm³/mol. The highest BCUT2D eigenvalue weighted by atomic mass is 16.5. The second kappa shape index (κ2) is 8.23. The van der Waals surface area contributed by atoms with E-state index in [2.05, 4.69) is 5.32 Å². The smallest absolute Gasteiger partial charge is 0.255 e. The van der Waals surface area contributed by atoms with E-state index in [9.17, 15) is 9.59 Å². The standard InChI is InChI=1S/C21H20N2O4/c1-3-26-17-8-10-19(11-9-17)27-18-6-4-16(5-7-18)22-21(25)15-12-13-23(2)20(24)14-15/h4-14H,3H2,1-2H3,(H,22,25). The van der Waals surface area contributed by atoms with Gasteiger partial charge in [-0.05, 0) is 61.5 Å². The molecular formula is C21H20N2O4. The Labute approximate surface area is 157 Å². The number of carbonyl (C=O) groups excluding carboxylic acids is 1. The van der Waals surface area contributed by atoms with Crippen molar-refractivity contribution < 1.29 is 14.3 Å². The third-order valence-corrected chi connectivity index (χ3v) is 3.85. The van der Waals surface area contributed by atoms with Crippen LogP contribution in [0.2, 0.25) is 0 Å². The first kappa shape index (κ1) is 18.3. The molecule has 1 amide bonds. The van der Waals surface area contributed by atoms with E-state index in [0.29, 0.717) is 29.4 Å². The quantitative estimate of drug-likeness (QED) is 0.722. The maximum atomic E-state index is 12.2. The number of amides is 1. The molecule has 1 N–H and O–H groups in total. The van der Waals surface area contributed by atoms with Gasteiger partial charge in [-0.2, -0.15) is 0 Å². The minimum atomic E-state index is -0.340. The average molecular weight is 364 g/mol. The summed E-state index contributed by atoms with van der Waals surface area (Å²) in [4.78, 5) is 23.9. The van der Waals surface area contributed by atoms with Crippen molar-refractivity contribution in [2.75, 3.05) is 11.9 Å². The van der Waals surface area contributed by atoms with E-state index in [1.807, 2.05) is 31.2 Å². The molecule has 3 aromatic rings. The van der Waals surface area contributed by atoms with Gasteiger partial charge < -0.3 is 19.4 Å². The Morgan fingerprint density at radius 1 is 0.963 bits per heavy atom. The highest BCUT2D eigenvalue weighted by molar-refractivity contribution is 6.04. The molecule has 0 bridgehead atoms. The second-order valence-electron chi connectivity index (χ2n) is 5.85.